The highest BCUT2D eigenvalue weighted by atomic mass is 32.2. The molecule has 164 valence electrons. The van der Waals surface area contributed by atoms with E-state index in [2.05, 4.69) is 20.7 Å². The monoisotopic (exact) mass is 456 g/mol. The molecule has 3 amide bonds. The van der Waals surface area contributed by atoms with Gasteiger partial charge in [0.2, 0.25) is 11.8 Å². The number of fused-ring (bicyclic) bond motifs is 1. The minimum atomic E-state index is -4.71. The molecular formula is C16H23F3N4O4S2. The Morgan fingerprint density at radius 2 is 1.97 bits per heavy atom. The van der Waals surface area contributed by atoms with E-state index in [4.69, 9.17) is 0 Å². The molecule has 0 spiro atoms. The fraction of sp³-hybridized carbons (Fsp3) is 0.812. The molecule has 0 radical (unpaired) electrons. The zero-order valence-corrected chi connectivity index (χ0v) is 17.2. The van der Waals surface area contributed by atoms with E-state index < -0.39 is 40.9 Å². The quantitative estimate of drug-likeness (QED) is 0.492. The summed E-state index contributed by atoms with van der Waals surface area (Å²) in [6.07, 6.45) is -7.13. The van der Waals surface area contributed by atoms with Gasteiger partial charge in [0, 0.05) is 17.8 Å². The summed E-state index contributed by atoms with van der Waals surface area (Å²) in [6.45, 7) is 2.38. The Bertz CT molecular complexity index is 640. The minimum absolute atomic E-state index is 0.213. The lowest BCUT2D eigenvalue weighted by molar-refractivity contribution is -0.197. The third kappa shape index (κ3) is 5.70. The molecule has 0 aromatic carbocycles. The van der Waals surface area contributed by atoms with Crippen molar-refractivity contribution in [2.45, 2.75) is 54.1 Å². The topological polar surface area (TPSA) is 109 Å². The SMILES string of the molecule is CC(OC(=O)NC(=O)C1CCSC1NC(=O)C1NC2CNCCC2S1)C(F)(F)F. The number of carbonyl (C=O) groups excluding carboxylic acids is 3. The first-order valence-electron chi connectivity index (χ1n) is 9.27. The van der Waals surface area contributed by atoms with Gasteiger partial charge in [-0.05, 0) is 32.1 Å². The van der Waals surface area contributed by atoms with E-state index >= 15 is 0 Å². The van der Waals surface area contributed by atoms with Gasteiger partial charge in [0.1, 0.15) is 5.37 Å². The van der Waals surface area contributed by atoms with Crippen LogP contribution in [0.4, 0.5) is 18.0 Å². The zero-order chi connectivity index (χ0) is 21.2. The number of hydrogen-bond donors (Lipinski definition) is 4. The van der Waals surface area contributed by atoms with Crippen molar-refractivity contribution in [1.82, 2.24) is 21.3 Å². The molecule has 0 bridgehead atoms. The molecule has 3 rings (SSSR count). The van der Waals surface area contributed by atoms with Crippen molar-refractivity contribution >= 4 is 41.4 Å². The summed E-state index contributed by atoms with van der Waals surface area (Å²) in [7, 11) is 0. The molecule has 4 N–H and O–H groups in total. The summed E-state index contributed by atoms with van der Waals surface area (Å²) in [5, 5.41) is 10.6. The number of ether oxygens (including phenoxy) is 1. The van der Waals surface area contributed by atoms with Crippen LogP contribution in [0.2, 0.25) is 0 Å². The van der Waals surface area contributed by atoms with Crippen LogP contribution < -0.4 is 21.3 Å². The van der Waals surface area contributed by atoms with E-state index in [1.165, 1.54) is 11.8 Å². The van der Waals surface area contributed by atoms with Gasteiger partial charge in [-0.3, -0.25) is 20.2 Å². The Kier molecular flexibility index (Phi) is 7.23. The summed E-state index contributed by atoms with van der Waals surface area (Å²) < 4.78 is 41.6. The van der Waals surface area contributed by atoms with Gasteiger partial charge in [0.05, 0.1) is 11.3 Å². The molecule has 8 nitrogen and oxygen atoms in total. The van der Waals surface area contributed by atoms with Crippen LogP contribution in [0.25, 0.3) is 0 Å². The van der Waals surface area contributed by atoms with Gasteiger partial charge >= 0.3 is 12.3 Å². The number of piperidine rings is 1. The summed E-state index contributed by atoms with van der Waals surface area (Å²) in [6, 6.07) is 0.213. The van der Waals surface area contributed by atoms with Crippen molar-refractivity contribution in [1.29, 1.82) is 0 Å². The highest BCUT2D eigenvalue weighted by Crippen LogP contribution is 2.34. The van der Waals surface area contributed by atoms with Crippen LogP contribution in [0.3, 0.4) is 0 Å². The second kappa shape index (κ2) is 9.31. The number of rotatable bonds is 4. The Hall–Kier alpha value is -1.18. The summed E-state index contributed by atoms with van der Waals surface area (Å²) >= 11 is 2.92. The Labute approximate surface area is 174 Å². The number of halogens is 3. The van der Waals surface area contributed by atoms with Crippen LogP contribution in [0.15, 0.2) is 0 Å². The minimum Gasteiger partial charge on any atom is -0.437 e. The van der Waals surface area contributed by atoms with Crippen molar-refractivity contribution in [2.24, 2.45) is 5.92 Å². The Morgan fingerprint density at radius 1 is 1.21 bits per heavy atom. The lowest BCUT2D eigenvalue weighted by Gasteiger charge is -2.24. The predicted molar refractivity (Wildman–Crippen MR) is 102 cm³/mol. The van der Waals surface area contributed by atoms with Crippen LogP contribution in [-0.2, 0) is 14.3 Å². The number of alkyl halides is 3. The number of alkyl carbamates (subject to hydrolysis) is 1. The number of imide groups is 1. The molecule has 3 heterocycles. The van der Waals surface area contributed by atoms with E-state index in [1.54, 1.807) is 11.8 Å². The van der Waals surface area contributed by atoms with E-state index in [-0.39, 0.29) is 11.9 Å². The zero-order valence-electron chi connectivity index (χ0n) is 15.6. The maximum atomic E-state index is 12.6. The van der Waals surface area contributed by atoms with Crippen LogP contribution in [-0.4, -0.2) is 71.1 Å². The first kappa shape index (κ1) is 22.5. The van der Waals surface area contributed by atoms with Gasteiger partial charge in [0.25, 0.3) is 0 Å². The van der Waals surface area contributed by atoms with Crippen LogP contribution >= 0.6 is 23.5 Å². The van der Waals surface area contributed by atoms with Crippen molar-refractivity contribution in [3.8, 4) is 0 Å². The van der Waals surface area contributed by atoms with Gasteiger partial charge in [-0.15, -0.1) is 23.5 Å². The summed E-state index contributed by atoms with van der Waals surface area (Å²) in [4.78, 5) is 36.5. The average molecular weight is 457 g/mol. The van der Waals surface area contributed by atoms with Gasteiger partial charge in [-0.1, -0.05) is 0 Å². The smallest absolute Gasteiger partial charge is 0.425 e. The lowest BCUT2D eigenvalue weighted by atomic mass is 10.1. The van der Waals surface area contributed by atoms with Gasteiger partial charge in [0.15, 0.2) is 6.10 Å². The molecule has 3 fully saturated rings. The molecule has 0 saturated carbocycles. The maximum absolute atomic E-state index is 12.6. The fourth-order valence-corrected chi connectivity index (χ4v) is 6.12. The maximum Gasteiger partial charge on any atom is 0.425 e. The summed E-state index contributed by atoms with van der Waals surface area (Å²) in [5.41, 5.74) is 0. The number of thioether (sulfide) groups is 2. The van der Waals surface area contributed by atoms with Gasteiger partial charge in [-0.2, -0.15) is 13.2 Å². The van der Waals surface area contributed by atoms with Crippen molar-refractivity contribution in [2.75, 3.05) is 18.8 Å². The first-order chi connectivity index (χ1) is 13.6. The van der Waals surface area contributed by atoms with Gasteiger partial charge in [-0.25, -0.2) is 4.79 Å². The van der Waals surface area contributed by atoms with E-state index in [1.807, 2.05) is 5.32 Å². The highest BCUT2D eigenvalue weighted by Gasteiger charge is 2.43. The van der Waals surface area contributed by atoms with Crippen molar-refractivity contribution in [3.63, 3.8) is 0 Å². The molecule has 13 heteroatoms. The highest BCUT2D eigenvalue weighted by molar-refractivity contribution is 8.01. The van der Waals surface area contributed by atoms with Crippen molar-refractivity contribution < 1.29 is 32.3 Å². The second-order valence-electron chi connectivity index (χ2n) is 7.09. The van der Waals surface area contributed by atoms with Gasteiger partial charge < -0.3 is 15.4 Å². The van der Waals surface area contributed by atoms with Crippen LogP contribution in [0.1, 0.15) is 19.8 Å². The molecule has 6 unspecified atom stereocenters. The number of amides is 3. The van der Waals surface area contributed by atoms with E-state index in [0.717, 1.165) is 19.5 Å². The first-order valence-corrected chi connectivity index (χ1v) is 11.3. The molecule has 29 heavy (non-hydrogen) atoms. The molecule has 0 aromatic rings. The lowest BCUT2D eigenvalue weighted by Crippen LogP contribution is -2.51. The standard InChI is InChI=1S/C16H23F3N4O4S2/c1-7(16(17,18)19)27-15(26)23-11(24)8-3-5-28-13(8)22-12(25)14-21-9-6-20-4-2-10(9)29-14/h7-10,13-14,20-21H,2-6H2,1H3,(H,22,25)(H,23,24,26). The molecule has 3 aliphatic heterocycles. The second-order valence-corrected chi connectivity index (χ2v) is 9.69. The fourth-order valence-electron chi connectivity index (χ4n) is 3.38. The number of nitrogens with one attached hydrogen (secondary N) is 4. The third-order valence-corrected chi connectivity index (χ3v) is 7.83. The largest absolute Gasteiger partial charge is 0.437 e. The molecule has 3 aliphatic rings. The number of carbonyl (C=O) groups is 3. The number of hydrogen-bond acceptors (Lipinski definition) is 8. The third-order valence-electron chi connectivity index (χ3n) is 5.02. The van der Waals surface area contributed by atoms with Crippen molar-refractivity contribution in [3.05, 3.63) is 0 Å². The molecule has 0 aliphatic carbocycles. The van der Waals surface area contributed by atoms with Crippen LogP contribution in [0, 0.1) is 5.92 Å². The van der Waals surface area contributed by atoms with E-state index in [0.29, 0.717) is 24.3 Å². The predicted octanol–water partition coefficient (Wildman–Crippen LogP) is 0.778. The van der Waals surface area contributed by atoms with E-state index in [9.17, 15) is 27.6 Å². The summed E-state index contributed by atoms with van der Waals surface area (Å²) in [5.74, 6) is -1.15. The molecule has 3 saturated heterocycles. The molecular weight excluding hydrogens is 433 g/mol. The van der Waals surface area contributed by atoms with Crippen LogP contribution in [0.5, 0.6) is 0 Å². The molecule has 0 aromatic heterocycles. The Morgan fingerprint density at radius 3 is 2.66 bits per heavy atom. The normalized spacial score (nSPS) is 32.9. The average Bonchev–Trinajstić information content (AvgIpc) is 3.27. The Balaban J connectivity index is 1.49. The molecule has 6 atom stereocenters.